The summed E-state index contributed by atoms with van der Waals surface area (Å²) in [5, 5.41) is 12.8. The maximum Gasteiger partial charge on any atom is 0.407 e. The van der Waals surface area contributed by atoms with Crippen molar-refractivity contribution in [2.24, 2.45) is 11.3 Å². The first-order valence-corrected chi connectivity index (χ1v) is 18.6. The molecule has 2 amide bonds. The van der Waals surface area contributed by atoms with E-state index < -0.39 is 6.09 Å². The van der Waals surface area contributed by atoms with Gasteiger partial charge in [0.1, 0.15) is 11.9 Å². The number of ether oxygens (including phenoxy) is 1. The van der Waals surface area contributed by atoms with Crippen molar-refractivity contribution in [1.29, 1.82) is 0 Å². The number of thiazole rings is 1. The fraction of sp³-hybridized carbons (Fsp3) is 0.579. The number of alkyl carbamates (subject to hydrolysis) is 1. The summed E-state index contributed by atoms with van der Waals surface area (Å²) in [5.41, 5.74) is 3.74. The van der Waals surface area contributed by atoms with Gasteiger partial charge >= 0.3 is 6.09 Å². The highest BCUT2D eigenvalue weighted by Crippen LogP contribution is 2.58. The number of hydrogen-bond acceptors (Lipinski definition) is 8. The summed E-state index contributed by atoms with van der Waals surface area (Å²) in [6.07, 6.45) is 15.3. The first-order valence-electron chi connectivity index (χ1n) is 17.8. The number of aliphatic hydroxyl groups is 1. The molecular formula is C38H49N5O4S. The van der Waals surface area contributed by atoms with Crippen molar-refractivity contribution in [1.82, 2.24) is 15.3 Å². The molecule has 0 atom stereocenters. The Bertz CT molecular complexity index is 1570. The molecule has 2 aromatic heterocycles. The van der Waals surface area contributed by atoms with Crippen molar-refractivity contribution < 1.29 is 19.4 Å². The molecule has 0 radical (unpaired) electrons. The SMILES string of the molecule is CN(C)c1ccc(C23CCC(CN(c4cccc(-c5cnc(C6CC6)s5)c4)C(=O)[C@H]4CC[C@H](OC(=O)NCCO)CC4)(CC2)CC3)cn1. The molecule has 0 aliphatic heterocycles. The van der Waals surface area contributed by atoms with Gasteiger partial charge in [-0.1, -0.05) is 18.2 Å². The summed E-state index contributed by atoms with van der Waals surface area (Å²) in [5.74, 6) is 1.69. The van der Waals surface area contributed by atoms with Crippen molar-refractivity contribution in [3.63, 3.8) is 0 Å². The third-order valence-electron chi connectivity index (χ3n) is 11.6. The molecule has 2 N–H and O–H groups in total. The number of aliphatic hydroxyl groups excluding tert-OH is 1. The number of rotatable bonds is 11. The topological polar surface area (TPSA) is 108 Å². The van der Waals surface area contributed by atoms with Gasteiger partial charge in [-0.05, 0) is 117 Å². The number of benzene rings is 1. The normalized spacial score (nSPS) is 26.6. The summed E-state index contributed by atoms with van der Waals surface area (Å²) in [7, 11) is 4.06. The predicted octanol–water partition coefficient (Wildman–Crippen LogP) is 7.05. The molecule has 0 unspecified atom stereocenters. The second-order valence-electron chi connectivity index (χ2n) is 14.9. The summed E-state index contributed by atoms with van der Waals surface area (Å²) >= 11 is 1.79. The van der Waals surface area contributed by atoms with Crippen molar-refractivity contribution >= 4 is 34.8 Å². The minimum Gasteiger partial charge on any atom is -0.446 e. The molecule has 5 aliphatic carbocycles. The third kappa shape index (κ3) is 6.97. The number of carbonyl (C=O) groups excluding carboxylic acids is 2. The van der Waals surface area contributed by atoms with Crippen molar-refractivity contribution in [2.45, 2.75) is 94.5 Å². The number of fused-ring (bicyclic) bond motifs is 3. The number of anilines is 2. The van der Waals surface area contributed by atoms with Gasteiger partial charge in [0.25, 0.3) is 0 Å². The smallest absolute Gasteiger partial charge is 0.407 e. The Morgan fingerprint density at radius 3 is 2.35 bits per heavy atom. The molecule has 48 heavy (non-hydrogen) atoms. The fourth-order valence-corrected chi connectivity index (χ4v) is 9.38. The number of pyridine rings is 1. The molecule has 0 saturated heterocycles. The molecule has 2 heterocycles. The third-order valence-corrected chi connectivity index (χ3v) is 12.8. The van der Waals surface area contributed by atoms with Crippen LogP contribution in [0.1, 0.15) is 93.5 Å². The zero-order valence-electron chi connectivity index (χ0n) is 28.3. The zero-order chi connectivity index (χ0) is 33.3. The monoisotopic (exact) mass is 671 g/mol. The highest BCUT2D eigenvalue weighted by atomic mass is 32.1. The number of hydrogen-bond donors (Lipinski definition) is 2. The Morgan fingerprint density at radius 1 is 0.958 bits per heavy atom. The Morgan fingerprint density at radius 2 is 1.71 bits per heavy atom. The van der Waals surface area contributed by atoms with Gasteiger partial charge in [0, 0.05) is 57.1 Å². The average Bonchev–Trinajstić information content (AvgIpc) is 3.86. The van der Waals surface area contributed by atoms with E-state index in [4.69, 9.17) is 19.8 Å². The summed E-state index contributed by atoms with van der Waals surface area (Å²) in [4.78, 5) is 41.5. The molecular weight excluding hydrogens is 623 g/mol. The van der Waals surface area contributed by atoms with Crippen molar-refractivity contribution in [2.75, 3.05) is 43.6 Å². The number of amides is 2. The quantitative estimate of drug-likeness (QED) is 0.225. The van der Waals surface area contributed by atoms with E-state index in [1.807, 2.05) is 25.2 Å². The van der Waals surface area contributed by atoms with Gasteiger partial charge in [0.15, 0.2) is 0 Å². The van der Waals surface area contributed by atoms with Crippen LogP contribution >= 0.6 is 11.3 Å². The van der Waals surface area contributed by atoms with E-state index in [9.17, 15) is 9.59 Å². The lowest BCUT2D eigenvalue weighted by molar-refractivity contribution is -0.124. The molecule has 3 aromatic rings. The molecule has 10 heteroatoms. The van der Waals surface area contributed by atoms with Crippen LogP contribution in [0.4, 0.5) is 16.3 Å². The molecule has 8 rings (SSSR count). The molecule has 256 valence electrons. The zero-order valence-corrected chi connectivity index (χ0v) is 29.1. The molecule has 5 fully saturated rings. The number of nitrogens with one attached hydrogen (secondary N) is 1. The van der Waals surface area contributed by atoms with Crippen LogP contribution < -0.4 is 15.1 Å². The van der Waals surface area contributed by atoms with Gasteiger partial charge in [-0.25, -0.2) is 14.8 Å². The van der Waals surface area contributed by atoms with Gasteiger partial charge in [0.2, 0.25) is 5.91 Å². The van der Waals surface area contributed by atoms with Gasteiger partial charge in [-0.3, -0.25) is 4.79 Å². The van der Waals surface area contributed by atoms with Crippen LogP contribution in [0.15, 0.2) is 48.8 Å². The number of aromatic nitrogens is 2. The standard InChI is InChI=1S/C38H49N5O4S/c1-42(2)33-13-10-29(23-40-33)38-17-14-37(15-18-38,16-19-38)25-43(35(45)27-8-11-31(12-9-27)47-36(46)39-20-21-44)30-5-3-4-28(22-30)32-24-41-34(48-32)26-6-7-26/h3-5,10,13,22-24,26-27,31,44H,6-9,11-12,14-21,25H2,1-2H3,(H,39,46)/t27-,31-,37?,38?. The second kappa shape index (κ2) is 13.8. The molecule has 9 nitrogen and oxygen atoms in total. The Hall–Kier alpha value is -3.50. The van der Waals surface area contributed by atoms with Crippen LogP contribution in [0.5, 0.6) is 0 Å². The Balaban J connectivity index is 1.09. The van der Waals surface area contributed by atoms with E-state index in [0.717, 1.165) is 67.0 Å². The number of nitrogens with zero attached hydrogens (tertiary/aromatic N) is 4. The van der Waals surface area contributed by atoms with E-state index in [1.165, 1.54) is 23.4 Å². The highest BCUT2D eigenvalue weighted by Gasteiger charge is 2.51. The molecule has 5 aliphatic rings. The summed E-state index contributed by atoms with van der Waals surface area (Å²) in [6.45, 7) is 0.785. The minimum atomic E-state index is -0.501. The van der Waals surface area contributed by atoms with Crippen LogP contribution in [0.2, 0.25) is 0 Å². The molecule has 0 spiro atoms. The second-order valence-corrected chi connectivity index (χ2v) is 16.0. The number of carbonyl (C=O) groups is 2. The summed E-state index contributed by atoms with van der Waals surface area (Å²) in [6, 6.07) is 13.0. The summed E-state index contributed by atoms with van der Waals surface area (Å²) < 4.78 is 5.58. The van der Waals surface area contributed by atoms with E-state index in [-0.39, 0.29) is 41.9 Å². The highest BCUT2D eigenvalue weighted by molar-refractivity contribution is 7.15. The van der Waals surface area contributed by atoms with Crippen LogP contribution in [0.3, 0.4) is 0 Å². The van der Waals surface area contributed by atoms with Crippen LogP contribution in [0, 0.1) is 11.3 Å². The first kappa shape index (κ1) is 33.0. The molecule has 5 saturated carbocycles. The maximum atomic E-state index is 14.6. The van der Waals surface area contributed by atoms with Crippen LogP contribution in [-0.2, 0) is 14.9 Å². The van der Waals surface area contributed by atoms with Crippen molar-refractivity contribution in [3.05, 3.63) is 59.4 Å². The lowest BCUT2D eigenvalue weighted by Gasteiger charge is -2.55. The Kier molecular flexibility index (Phi) is 9.48. The maximum absolute atomic E-state index is 14.6. The average molecular weight is 672 g/mol. The lowest BCUT2D eigenvalue weighted by atomic mass is 9.52. The molecule has 2 bridgehead atoms. The van der Waals surface area contributed by atoms with Gasteiger partial charge in [-0.2, -0.15) is 0 Å². The molecule has 1 aromatic carbocycles. The predicted molar refractivity (Wildman–Crippen MR) is 190 cm³/mol. The minimum absolute atomic E-state index is 0.0964. The largest absolute Gasteiger partial charge is 0.446 e. The fourth-order valence-electron chi connectivity index (χ4n) is 8.30. The Labute approximate surface area is 288 Å². The van der Waals surface area contributed by atoms with Crippen molar-refractivity contribution in [3.8, 4) is 10.4 Å². The van der Waals surface area contributed by atoms with E-state index in [0.29, 0.717) is 31.6 Å². The van der Waals surface area contributed by atoms with E-state index >= 15 is 0 Å². The van der Waals surface area contributed by atoms with Crippen LogP contribution in [-0.4, -0.2) is 67.0 Å². The first-order chi connectivity index (χ1) is 23.3. The van der Waals surface area contributed by atoms with Crippen LogP contribution in [0.25, 0.3) is 10.4 Å². The van der Waals surface area contributed by atoms with Gasteiger partial charge in [-0.15, -0.1) is 11.3 Å². The van der Waals surface area contributed by atoms with E-state index in [1.54, 1.807) is 11.3 Å². The van der Waals surface area contributed by atoms with Gasteiger partial charge in [0.05, 0.1) is 16.5 Å². The van der Waals surface area contributed by atoms with Gasteiger partial charge < -0.3 is 25.0 Å². The lowest BCUT2D eigenvalue weighted by Crippen LogP contribution is -2.51. The van der Waals surface area contributed by atoms with E-state index in [2.05, 4.69) is 52.8 Å².